The number of amides is 1. The minimum atomic E-state index is -0.350. The highest BCUT2D eigenvalue weighted by Gasteiger charge is 2.42. The van der Waals surface area contributed by atoms with Crippen molar-refractivity contribution in [3.63, 3.8) is 0 Å². The molecule has 1 unspecified atom stereocenters. The number of phenols is 1. The van der Waals surface area contributed by atoms with Crippen LogP contribution in [0, 0.1) is 13.8 Å². The summed E-state index contributed by atoms with van der Waals surface area (Å²) in [6.07, 6.45) is 2.76. The van der Waals surface area contributed by atoms with Crippen LogP contribution >= 0.6 is 0 Å². The predicted octanol–water partition coefficient (Wildman–Crippen LogP) is 5.93. The van der Waals surface area contributed by atoms with Crippen LogP contribution in [0.5, 0.6) is 17.2 Å². The first-order valence-corrected chi connectivity index (χ1v) is 12.5. The van der Waals surface area contributed by atoms with Gasteiger partial charge in [0.05, 0.1) is 19.3 Å². The Labute approximate surface area is 207 Å². The number of ether oxygens (including phenoxy) is 2. The van der Waals surface area contributed by atoms with E-state index < -0.39 is 0 Å². The lowest BCUT2D eigenvalue weighted by Gasteiger charge is -2.27. The Hall–Kier alpha value is -3.48. The van der Waals surface area contributed by atoms with E-state index in [1.807, 2.05) is 56.0 Å². The van der Waals surface area contributed by atoms with E-state index >= 15 is 0 Å². The van der Waals surface area contributed by atoms with Crippen LogP contribution in [0.2, 0.25) is 0 Å². The van der Waals surface area contributed by atoms with Crippen molar-refractivity contribution in [1.29, 1.82) is 0 Å². The highest BCUT2D eigenvalue weighted by molar-refractivity contribution is 6.00. The second-order valence-electron chi connectivity index (χ2n) is 9.08. The number of nitrogens with one attached hydrogen (secondary N) is 1. The molecular formula is C28H35N3O4. The van der Waals surface area contributed by atoms with Crippen LogP contribution in [0.4, 0.5) is 0 Å². The maximum atomic E-state index is 13.5. The molecule has 0 saturated heterocycles. The highest BCUT2D eigenvalue weighted by Crippen LogP contribution is 2.46. The van der Waals surface area contributed by atoms with Gasteiger partial charge in [-0.1, -0.05) is 32.4 Å². The van der Waals surface area contributed by atoms with Gasteiger partial charge in [-0.3, -0.25) is 9.89 Å². The summed E-state index contributed by atoms with van der Waals surface area (Å²) in [6, 6.07) is 9.39. The van der Waals surface area contributed by atoms with Gasteiger partial charge in [-0.05, 0) is 68.5 Å². The van der Waals surface area contributed by atoms with Gasteiger partial charge in [-0.15, -0.1) is 0 Å². The zero-order valence-corrected chi connectivity index (χ0v) is 21.3. The quantitative estimate of drug-likeness (QED) is 0.378. The van der Waals surface area contributed by atoms with E-state index in [1.54, 1.807) is 0 Å². The molecule has 0 bridgehead atoms. The maximum absolute atomic E-state index is 13.5. The molecule has 1 aliphatic rings. The fraction of sp³-hybridized carbons (Fsp3) is 0.429. The number of aromatic nitrogens is 2. The van der Waals surface area contributed by atoms with E-state index in [2.05, 4.69) is 24.0 Å². The van der Waals surface area contributed by atoms with Crippen LogP contribution in [0.15, 0.2) is 30.3 Å². The normalized spacial score (nSPS) is 14.9. The van der Waals surface area contributed by atoms with Gasteiger partial charge < -0.3 is 19.5 Å². The number of carbonyl (C=O) groups is 1. The highest BCUT2D eigenvalue weighted by atomic mass is 16.5. The molecular weight excluding hydrogens is 442 g/mol. The maximum Gasteiger partial charge on any atom is 0.273 e. The Morgan fingerprint density at radius 2 is 1.86 bits per heavy atom. The molecule has 1 aromatic heterocycles. The largest absolute Gasteiger partial charge is 0.507 e. The smallest absolute Gasteiger partial charge is 0.273 e. The molecule has 1 aliphatic heterocycles. The molecule has 4 rings (SSSR count). The third kappa shape index (κ3) is 4.59. The zero-order valence-electron chi connectivity index (χ0n) is 21.3. The molecule has 7 nitrogen and oxygen atoms in total. The molecule has 1 atom stereocenters. The molecule has 35 heavy (non-hydrogen) atoms. The van der Waals surface area contributed by atoms with Gasteiger partial charge in [0.25, 0.3) is 5.91 Å². The van der Waals surface area contributed by atoms with Gasteiger partial charge >= 0.3 is 0 Å². The summed E-state index contributed by atoms with van der Waals surface area (Å²) >= 11 is 0. The Morgan fingerprint density at radius 3 is 2.57 bits per heavy atom. The van der Waals surface area contributed by atoms with Crippen LogP contribution in [0.1, 0.15) is 78.8 Å². The van der Waals surface area contributed by atoms with E-state index in [4.69, 9.17) is 9.47 Å². The van der Waals surface area contributed by atoms with Crippen LogP contribution in [-0.2, 0) is 0 Å². The number of phenolic OH excluding ortho intramolecular Hbond substituents is 1. The number of hydrogen-bond donors (Lipinski definition) is 2. The Morgan fingerprint density at radius 1 is 1.06 bits per heavy atom. The molecule has 3 aromatic rings. The first-order chi connectivity index (χ1) is 16.9. The fourth-order valence-corrected chi connectivity index (χ4v) is 4.74. The number of unbranched alkanes of at least 4 members (excludes halogenated alkanes) is 1. The van der Waals surface area contributed by atoms with Crippen LogP contribution in [-0.4, -0.2) is 45.9 Å². The average molecular weight is 478 g/mol. The Balaban J connectivity index is 1.88. The lowest BCUT2D eigenvalue weighted by molar-refractivity contribution is 0.0741. The minimum absolute atomic E-state index is 0.0784. The SMILES string of the molecule is CCCCN1C(=O)c2[nH]nc(-c3cc(C)cc(C)c3O)c2C1c1ccc(OCCC)c(OCC)c1. The number of H-pyrrole nitrogens is 1. The zero-order chi connectivity index (χ0) is 25.1. The number of carbonyl (C=O) groups excluding carboxylic acids is 1. The van der Waals surface area contributed by atoms with Crippen molar-refractivity contribution in [2.24, 2.45) is 0 Å². The van der Waals surface area contributed by atoms with Gasteiger partial charge in [0.1, 0.15) is 17.1 Å². The van der Waals surface area contributed by atoms with Gasteiger partial charge in [-0.2, -0.15) is 5.10 Å². The van der Waals surface area contributed by atoms with Crippen molar-refractivity contribution in [2.75, 3.05) is 19.8 Å². The van der Waals surface area contributed by atoms with Crippen molar-refractivity contribution < 1.29 is 19.4 Å². The molecule has 1 amide bonds. The molecule has 0 aliphatic carbocycles. The molecule has 0 radical (unpaired) electrons. The van der Waals surface area contributed by atoms with Gasteiger partial charge in [0.15, 0.2) is 11.5 Å². The monoisotopic (exact) mass is 477 g/mol. The number of rotatable bonds is 10. The summed E-state index contributed by atoms with van der Waals surface area (Å²) in [7, 11) is 0. The van der Waals surface area contributed by atoms with Crippen molar-refractivity contribution >= 4 is 5.91 Å². The second-order valence-corrected chi connectivity index (χ2v) is 9.08. The number of fused-ring (bicyclic) bond motifs is 1. The summed E-state index contributed by atoms with van der Waals surface area (Å²) in [5.41, 5.74) is 5.21. The number of aryl methyl sites for hydroxylation is 2. The van der Waals surface area contributed by atoms with Crippen LogP contribution < -0.4 is 9.47 Å². The van der Waals surface area contributed by atoms with Crippen molar-refractivity contribution in [2.45, 2.75) is 59.9 Å². The molecule has 186 valence electrons. The summed E-state index contributed by atoms with van der Waals surface area (Å²) in [4.78, 5) is 15.4. The van der Waals surface area contributed by atoms with Crippen molar-refractivity contribution in [3.05, 3.63) is 58.3 Å². The van der Waals surface area contributed by atoms with Crippen LogP contribution in [0.25, 0.3) is 11.3 Å². The van der Waals surface area contributed by atoms with E-state index in [1.165, 1.54) is 0 Å². The molecule has 0 saturated carbocycles. The van der Waals surface area contributed by atoms with Crippen LogP contribution in [0.3, 0.4) is 0 Å². The molecule has 2 aromatic carbocycles. The van der Waals surface area contributed by atoms with E-state index in [-0.39, 0.29) is 17.7 Å². The van der Waals surface area contributed by atoms with Gasteiger partial charge in [0, 0.05) is 17.7 Å². The Bertz CT molecular complexity index is 1220. The van der Waals surface area contributed by atoms with E-state index in [9.17, 15) is 9.90 Å². The summed E-state index contributed by atoms with van der Waals surface area (Å²) in [6.45, 7) is 11.7. The topological polar surface area (TPSA) is 87.7 Å². The lowest BCUT2D eigenvalue weighted by atomic mass is 9.93. The number of benzene rings is 2. The van der Waals surface area contributed by atoms with E-state index in [0.29, 0.717) is 48.2 Å². The average Bonchev–Trinajstić information content (AvgIpc) is 3.38. The van der Waals surface area contributed by atoms with Crippen molar-refractivity contribution in [1.82, 2.24) is 15.1 Å². The third-order valence-electron chi connectivity index (χ3n) is 6.36. The lowest BCUT2D eigenvalue weighted by Crippen LogP contribution is -2.30. The molecule has 0 fully saturated rings. The summed E-state index contributed by atoms with van der Waals surface area (Å²) in [5.74, 6) is 1.46. The minimum Gasteiger partial charge on any atom is -0.507 e. The van der Waals surface area contributed by atoms with Gasteiger partial charge in [-0.25, -0.2) is 0 Å². The first-order valence-electron chi connectivity index (χ1n) is 12.5. The van der Waals surface area contributed by atoms with Gasteiger partial charge in [0.2, 0.25) is 0 Å². The first kappa shape index (κ1) is 24.6. The number of hydrogen-bond acceptors (Lipinski definition) is 5. The standard InChI is InChI=1S/C28H35N3O4/c1-6-9-12-31-26(19-10-11-21(35-13-7-2)22(16-19)34-8-3)23-24(29-30-25(23)28(31)33)20-15-17(4)14-18(5)27(20)32/h10-11,14-16,26,32H,6-9,12-13H2,1-5H3,(H,29,30). The predicted molar refractivity (Wildman–Crippen MR) is 136 cm³/mol. The molecule has 7 heteroatoms. The summed E-state index contributed by atoms with van der Waals surface area (Å²) in [5, 5.41) is 18.4. The number of nitrogens with zero attached hydrogens (tertiary/aromatic N) is 2. The fourth-order valence-electron chi connectivity index (χ4n) is 4.74. The molecule has 2 N–H and O–H groups in total. The third-order valence-corrected chi connectivity index (χ3v) is 6.36. The van der Waals surface area contributed by atoms with E-state index in [0.717, 1.165) is 41.5 Å². The number of aromatic hydroxyl groups is 1. The molecule has 0 spiro atoms. The summed E-state index contributed by atoms with van der Waals surface area (Å²) < 4.78 is 11.8. The molecule has 2 heterocycles. The van der Waals surface area contributed by atoms with Crippen molar-refractivity contribution in [3.8, 4) is 28.5 Å². The Kier molecular flexibility index (Phi) is 7.34. The second kappa shape index (κ2) is 10.4. The number of aromatic amines is 1.